The molecular weight excluding hydrogens is 496 g/mol. The predicted octanol–water partition coefficient (Wildman–Crippen LogP) is 3.44. The fourth-order valence-electron chi connectivity index (χ4n) is 4.26. The summed E-state index contributed by atoms with van der Waals surface area (Å²) in [5.74, 6) is -0.502. The van der Waals surface area contributed by atoms with Gasteiger partial charge in [0.05, 0.1) is 23.9 Å². The molecule has 2 aromatic heterocycles. The Labute approximate surface area is 199 Å². The molecule has 2 aliphatic heterocycles. The molecule has 2 saturated heterocycles. The number of hydrogen-bond donors (Lipinski definition) is 1. The number of halogens is 4. The lowest BCUT2D eigenvalue weighted by atomic mass is 10.1. The summed E-state index contributed by atoms with van der Waals surface area (Å²) in [7, 11) is -3.29. The van der Waals surface area contributed by atoms with Crippen LogP contribution in [0, 0.1) is 11.7 Å². The average Bonchev–Trinajstić information content (AvgIpc) is 3.35. The summed E-state index contributed by atoms with van der Waals surface area (Å²) in [5, 5.41) is 3.26. The van der Waals surface area contributed by atoms with Gasteiger partial charge in [-0.15, -0.1) is 11.3 Å². The normalized spacial score (nSPS) is 21.3. The molecule has 4 heterocycles. The molecule has 2 fully saturated rings. The SMILES string of the molecule is CC1CCN(Cc2nc(C(F)(F)F)c(-c3nc(NC4CCN(S(C)(=O)=O)CC4)ncc3F)s2)C1. The maximum absolute atomic E-state index is 14.6. The number of hydrogen-bond acceptors (Lipinski definition) is 8. The molecule has 1 unspecified atom stereocenters. The monoisotopic (exact) mass is 522 g/mol. The third-order valence-corrected chi connectivity index (χ3v) is 8.37. The van der Waals surface area contributed by atoms with Crippen molar-refractivity contribution in [1.82, 2.24) is 24.2 Å². The molecule has 188 valence electrons. The number of anilines is 1. The largest absolute Gasteiger partial charge is 0.434 e. The van der Waals surface area contributed by atoms with E-state index in [-0.39, 0.29) is 28.4 Å². The molecule has 4 rings (SSSR count). The highest BCUT2D eigenvalue weighted by atomic mass is 32.2. The Bertz CT molecular complexity index is 1130. The van der Waals surface area contributed by atoms with Crippen LogP contribution in [0.5, 0.6) is 0 Å². The van der Waals surface area contributed by atoms with Crippen LogP contribution >= 0.6 is 11.3 Å². The van der Waals surface area contributed by atoms with Gasteiger partial charge >= 0.3 is 6.18 Å². The molecule has 0 aromatic carbocycles. The summed E-state index contributed by atoms with van der Waals surface area (Å²) < 4.78 is 80.6. The van der Waals surface area contributed by atoms with Gasteiger partial charge in [0, 0.05) is 25.7 Å². The van der Waals surface area contributed by atoms with Gasteiger partial charge in [-0.2, -0.15) is 13.2 Å². The van der Waals surface area contributed by atoms with Crippen molar-refractivity contribution >= 4 is 27.3 Å². The van der Waals surface area contributed by atoms with Gasteiger partial charge in [-0.25, -0.2) is 32.1 Å². The molecule has 34 heavy (non-hydrogen) atoms. The number of thiazole rings is 1. The standard InChI is InChI=1S/C20H26F4N6O2S2/c1-12-3-6-29(10-12)11-15-27-18(20(22,23)24)17(33-15)16-14(21)9-25-19(28-16)26-13-4-7-30(8-5-13)34(2,31)32/h9,12-13H,3-8,10-11H2,1-2H3,(H,25,26,28). The molecule has 1 atom stereocenters. The van der Waals surface area contributed by atoms with E-state index in [1.807, 2.05) is 4.90 Å². The molecular formula is C20H26F4N6O2S2. The van der Waals surface area contributed by atoms with Crippen LogP contribution in [0.2, 0.25) is 0 Å². The van der Waals surface area contributed by atoms with Crippen LogP contribution in [0.1, 0.15) is 36.9 Å². The van der Waals surface area contributed by atoms with E-state index in [0.29, 0.717) is 31.8 Å². The Morgan fingerprint density at radius 1 is 1.18 bits per heavy atom. The van der Waals surface area contributed by atoms with Crippen LogP contribution in [0.15, 0.2) is 6.20 Å². The number of aromatic nitrogens is 3. The summed E-state index contributed by atoms with van der Waals surface area (Å²) in [5.41, 5.74) is -1.60. The molecule has 0 amide bonds. The first-order valence-electron chi connectivity index (χ1n) is 10.9. The number of rotatable bonds is 6. The van der Waals surface area contributed by atoms with E-state index >= 15 is 0 Å². The topological polar surface area (TPSA) is 91.3 Å². The summed E-state index contributed by atoms with van der Waals surface area (Å²) in [4.78, 5) is 13.4. The Balaban J connectivity index is 1.56. The minimum atomic E-state index is -4.76. The second kappa shape index (κ2) is 9.63. The third kappa shape index (κ3) is 5.83. The van der Waals surface area contributed by atoms with Crippen LogP contribution in [-0.4, -0.2) is 71.1 Å². The maximum Gasteiger partial charge on any atom is 0.434 e. The summed E-state index contributed by atoms with van der Waals surface area (Å²) in [6.07, 6.45) is -0.860. The molecule has 1 N–H and O–H groups in total. The first-order chi connectivity index (χ1) is 15.9. The number of piperidine rings is 1. The average molecular weight is 523 g/mol. The van der Waals surface area contributed by atoms with Crippen molar-refractivity contribution in [2.24, 2.45) is 5.92 Å². The Hall–Kier alpha value is -1.90. The molecule has 0 spiro atoms. The molecule has 8 nitrogen and oxygen atoms in total. The Morgan fingerprint density at radius 2 is 1.88 bits per heavy atom. The summed E-state index contributed by atoms with van der Waals surface area (Å²) >= 11 is 0.795. The highest BCUT2D eigenvalue weighted by Crippen LogP contribution is 2.41. The third-order valence-electron chi connectivity index (χ3n) is 6.02. The van der Waals surface area contributed by atoms with Crippen LogP contribution in [0.25, 0.3) is 10.6 Å². The minimum absolute atomic E-state index is 0.00866. The summed E-state index contributed by atoms with van der Waals surface area (Å²) in [6, 6.07) is -0.187. The highest BCUT2D eigenvalue weighted by molar-refractivity contribution is 7.88. The lowest BCUT2D eigenvalue weighted by Gasteiger charge is -2.30. The maximum atomic E-state index is 14.6. The zero-order valence-corrected chi connectivity index (χ0v) is 20.4. The number of nitrogens with zero attached hydrogens (tertiary/aromatic N) is 5. The van der Waals surface area contributed by atoms with E-state index in [1.165, 1.54) is 4.31 Å². The number of alkyl halides is 3. The van der Waals surface area contributed by atoms with Gasteiger partial charge in [0.15, 0.2) is 11.5 Å². The lowest BCUT2D eigenvalue weighted by Crippen LogP contribution is -2.42. The Morgan fingerprint density at radius 3 is 2.47 bits per heavy atom. The van der Waals surface area contributed by atoms with E-state index in [0.717, 1.165) is 43.3 Å². The number of likely N-dealkylation sites (tertiary alicyclic amines) is 1. The van der Waals surface area contributed by atoms with E-state index in [1.54, 1.807) is 0 Å². The van der Waals surface area contributed by atoms with Crippen LogP contribution in [0.4, 0.5) is 23.5 Å². The molecule has 14 heteroatoms. The van der Waals surface area contributed by atoms with E-state index in [2.05, 4.69) is 27.2 Å². The van der Waals surface area contributed by atoms with Crippen molar-refractivity contribution in [2.45, 2.75) is 44.9 Å². The van der Waals surface area contributed by atoms with Crippen LogP contribution < -0.4 is 5.32 Å². The van der Waals surface area contributed by atoms with E-state index in [9.17, 15) is 26.0 Å². The van der Waals surface area contributed by atoms with Gasteiger partial charge in [0.2, 0.25) is 16.0 Å². The van der Waals surface area contributed by atoms with Crippen molar-refractivity contribution in [3.05, 3.63) is 22.7 Å². The predicted molar refractivity (Wildman–Crippen MR) is 120 cm³/mol. The van der Waals surface area contributed by atoms with Crippen molar-refractivity contribution in [2.75, 3.05) is 37.8 Å². The lowest BCUT2D eigenvalue weighted by molar-refractivity contribution is -0.140. The number of sulfonamides is 1. The van der Waals surface area contributed by atoms with Gasteiger partial charge < -0.3 is 5.32 Å². The fourth-order valence-corrected chi connectivity index (χ4v) is 6.25. The summed E-state index contributed by atoms with van der Waals surface area (Å²) in [6.45, 7) is 4.53. The van der Waals surface area contributed by atoms with Crippen molar-refractivity contribution in [1.29, 1.82) is 0 Å². The molecule has 2 aromatic rings. The Kier molecular flexibility index (Phi) is 7.14. The van der Waals surface area contributed by atoms with Gasteiger partial charge in [-0.3, -0.25) is 4.90 Å². The van der Waals surface area contributed by atoms with Gasteiger partial charge in [0.1, 0.15) is 10.7 Å². The quantitative estimate of drug-likeness (QED) is 0.582. The first-order valence-corrected chi connectivity index (χ1v) is 13.6. The highest BCUT2D eigenvalue weighted by Gasteiger charge is 2.39. The smallest absolute Gasteiger partial charge is 0.351 e. The van der Waals surface area contributed by atoms with E-state index in [4.69, 9.17) is 0 Å². The molecule has 0 bridgehead atoms. The van der Waals surface area contributed by atoms with Gasteiger partial charge in [0.25, 0.3) is 0 Å². The van der Waals surface area contributed by atoms with Crippen molar-refractivity contribution < 1.29 is 26.0 Å². The molecule has 0 radical (unpaired) electrons. The van der Waals surface area contributed by atoms with Crippen molar-refractivity contribution in [3.8, 4) is 10.6 Å². The first kappa shape index (κ1) is 25.2. The molecule has 0 aliphatic carbocycles. The van der Waals surface area contributed by atoms with Gasteiger partial charge in [-0.1, -0.05) is 6.92 Å². The second-order valence-electron chi connectivity index (χ2n) is 8.88. The number of nitrogens with one attached hydrogen (secondary N) is 1. The minimum Gasteiger partial charge on any atom is -0.351 e. The van der Waals surface area contributed by atoms with Crippen LogP contribution in [0.3, 0.4) is 0 Å². The zero-order valence-electron chi connectivity index (χ0n) is 18.8. The van der Waals surface area contributed by atoms with Crippen LogP contribution in [-0.2, 0) is 22.7 Å². The van der Waals surface area contributed by atoms with E-state index < -0.39 is 33.4 Å². The van der Waals surface area contributed by atoms with Gasteiger partial charge in [-0.05, 0) is 31.7 Å². The molecule has 0 saturated carbocycles. The van der Waals surface area contributed by atoms with Crippen molar-refractivity contribution in [3.63, 3.8) is 0 Å². The fraction of sp³-hybridized carbons (Fsp3) is 0.650. The second-order valence-corrected chi connectivity index (χ2v) is 11.9. The zero-order chi connectivity index (χ0) is 24.7. The molecule has 2 aliphatic rings.